The molecule has 2 aromatic heterocycles. The van der Waals surface area contributed by atoms with Crippen LogP contribution in [0, 0.1) is 0 Å². The molecule has 4 aromatic rings. The molecule has 0 spiro atoms. The fraction of sp³-hybridized carbons (Fsp3) is 0.474. The van der Waals surface area contributed by atoms with Crippen LogP contribution in [0.5, 0.6) is 0 Å². The van der Waals surface area contributed by atoms with Crippen molar-refractivity contribution in [1.29, 1.82) is 0 Å². The molecule has 16 heteroatoms. The molecule has 0 bridgehead atoms. The maximum absolute atomic E-state index is 12.2. The molecule has 0 saturated carbocycles. The number of anilines is 2. The molecule has 2 fully saturated rings. The van der Waals surface area contributed by atoms with Gasteiger partial charge in [0, 0.05) is 75.3 Å². The molecular weight excluding hydrogens is 832 g/mol. The van der Waals surface area contributed by atoms with Crippen molar-refractivity contribution in [3.8, 4) is 0 Å². The van der Waals surface area contributed by atoms with Crippen molar-refractivity contribution >= 4 is 89.3 Å². The maximum Gasteiger partial charge on any atom is 0.410 e. The van der Waals surface area contributed by atoms with Gasteiger partial charge in [-0.25, -0.2) is 19.2 Å². The number of carbonyl (C=O) groups excluding carboxylic acids is 3. The Balaban J connectivity index is 0.000000208. The lowest BCUT2D eigenvalue weighted by Crippen LogP contribution is -2.50. The lowest BCUT2D eigenvalue weighted by Gasteiger charge is -2.37. The van der Waals surface area contributed by atoms with Crippen LogP contribution in [0.15, 0.2) is 54.2 Å². The van der Waals surface area contributed by atoms with Crippen LogP contribution in [0.3, 0.4) is 0 Å². The van der Waals surface area contributed by atoms with Gasteiger partial charge in [0.25, 0.3) is 0 Å². The van der Waals surface area contributed by atoms with Crippen molar-refractivity contribution < 1.29 is 47.3 Å². The zero-order chi connectivity index (χ0) is 39.5. The van der Waals surface area contributed by atoms with E-state index in [9.17, 15) is 19.2 Å². The minimum Gasteiger partial charge on any atom is -0.475 e. The number of piperazine rings is 2. The molecule has 2 amide bonds. The Morgan fingerprint density at radius 3 is 1.43 bits per heavy atom. The van der Waals surface area contributed by atoms with E-state index in [1.165, 1.54) is 6.07 Å². The summed E-state index contributed by atoms with van der Waals surface area (Å²) >= 11 is 7.21. The van der Waals surface area contributed by atoms with Crippen molar-refractivity contribution in [3.05, 3.63) is 56.9 Å². The molecule has 2 aromatic carbocycles. The van der Waals surface area contributed by atoms with E-state index in [4.69, 9.17) is 28.2 Å². The number of amides is 2. The second kappa shape index (κ2) is 16.5. The highest BCUT2D eigenvalue weighted by Crippen LogP contribution is 2.37. The predicted molar refractivity (Wildman–Crippen MR) is 211 cm³/mol. The normalized spacial score (nSPS) is 15.2. The Labute approximate surface area is 330 Å². The fourth-order valence-electron chi connectivity index (χ4n) is 5.94. The number of carboxylic acids is 1. The number of aromatic carboxylic acids is 1. The van der Waals surface area contributed by atoms with Crippen LogP contribution in [0.4, 0.5) is 21.0 Å². The number of rotatable bonds is 5. The lowest BCUT2D eigenvalue weighted by molar-refractivity contribution is 0.0230. The number of hydrogen-bond acceptors (Lipinski definition) is 11. The molecule has 2 aliphatic heterocycles. The highest BCUT2D eigenvalue weighted by Gasteiger charge is 2.29. The van der Waals surface area contributed by atoms with Gasteiger partial charge in [0.15, 0.2) is 0 Å². The van der Waals surface area contributed by atoms with Crippen molar-refractivity contribution in [2.24, 2.45) is 0 Å². The van der Waals surface area contributed by atoms with Gasteiger partial charge in [0.1, 0.15) is 22.4 Å². The second-order valence-electron chi connectivity index (χ2n) is 14.8. The molecule has 0 unspecified atom stereocenters. The molecule has 6 rings (SSSR count). The zero-order valence-electron chi connectivity index (χ0n) is 31.5. The first kappa shape index (κ1) is 40.7. The van der Waals surface area contributed by atoms with Crippen LogP contribution in [0.1, 0.15) is 69.6 Å². The number of esters is 1. The number of halogens is 2. The molecule has 14 nitrogen and oxygen atoms in total. The molecule has 54 heavy (non-hydrogen) atoms. The van der Waals surface area contributed by atoms with Crippen LogP contribution in [-0.2, 0) is 14.2 Å². The van der Waals surface area contributed by atoms with E-state index in [1.807, 2.05) is 59.7 Å². The highest BCUT2D eigenvalue weighted by molar-refractivity contribution is 9.11. The number of hydrogen-bond donors (Lipinski definition) is 1. The second-order valence-corrected chi connectivity index (χ2v) is 16.4. The van der Waals surface area contributed by atoms with E-state index in [0.29, 0.717) is 70.1 Å². The van der Waals surface area contributed by atoms with E-state index in [0.717, 1.165) is 31.1 Å². The molecule has 0 aliphatic carbocycles. The van der Waals surface area contributed by atoms with E-state index in [2.05, 4.69) is 41.7 Å². The van der Waals surface area contributed by atoms with Gasteiger partial charge < -0.3 is 47.8 Å². The van der Waals surface area contributed by atoms with Gasteiger partial charge >= 0.3 is 24.1 Å². The molecule has 2 aliphatic rings. The molecule has 0 atom stereocenters. The molecule has 4 heterocycles. The van der Waals surface area contributed by atoms with E-state index in [-0.39, 0.29) is 23.7 Å². The molecule has 0 radical (unpaired) electrons. The van der Waals surface area contributed by atoms with Crippen LogP contribution < -0.4 is 9.80 Å². The summed E-state index contributed by atoms with van der Waals surface area (Å²) in [5.74, 6) is -1.48. The summed E-state index contributed by atoms with van der Waals surface area (Å²) in [7, 11) is 0. The minimum absolute atomic E-state index is 0.0902. The van der Waals surface area contributed by atoms with Gasteiger partial charge in [-0.05, 0) is 105 Å². The largest absolute Gasteiger partial charge is 0.475 e. The molecule has 292 valence electrons. The Morgan fingerprint density at radius 2 is 1.06 bits per heavy atom. The van der Waals surface area contributed by atoms with Crippen molar-refractivity contribution in [2.75, 3.05) is 68.8 Å². The smallest absolute Gasteiger partial charge is 0.410 e. The summed E-state index contributed by atoms with van der Waals surface area (Å²) in [6, 6.07) is 10.7. The van der Waals surface area contributed by atoms with Gasteiger partial charge in [-0.1, -0.05) is 0 Å². The Kier molecular flexibility index (Phi) is 12.5. The third-order valence-electron chi connectivity index (χ3n) is 8.46. The van der Waals surface area contributed by atoms with Crippen LogP contribution in [-0.4, -0.2) is 109 Å². The summed E-state index contributed by atoms with van der Waals surface area (Å²) in [5, 5.41) is 10.6. The van der Waals surface area contributed by atoms with Crippen LogP contribution in [0.25, 0.3) is 21.9 Å². The van der Waals surface area contributed by atoms with Crippen LogP contribution >= 0.6 is 31.9 Å². The molecule has 1 N–H and O–H groups in total. The first-order valence-electron chi connectivity index (χ1n) is 17.7. The van der Waals surface area contributed by atoms with Gasteiger partial charge in [0.05, 0.1) is 26.9 Å². The summed E-state index contributed by atoms with van der Waals surface area (Å²) in [5.41, 5.74) is 2.06. The Morgan fingerprint density at radius 1 is 0.667 bits per heavy atom. The summed E-state index contributed by atoms with van der Waals surface area (Å²) in [4.78, 5) is 55.2. The number of carboxylic acid groups (broad SMARTS) is 1. The third kappa shape index (κ3) is 9.80. The number of carbonyl (C=O) groups is 4. The Bertz CT molecular complexity index is 2010. The van der Waals surface area contributed by atoms with Gasteiger partial charge in [0.2, 0.25) is 11.5 Å². The summed E-state index contributed by atoms with van der Waals surface area (Å²) in [6.45, 7) is 18.2. The predicted octanol–water partition coefficient (Wildman–Crippen LogP) is 8.38. The highest BCUT2D eigenvalue weighted by atomic mass is 79.9. The SMILES string of the molecule is CC(C)(C)OC(=O)N1CCN(c2ccc3oc(C(=O)O)cc3c2Br)CC1.CCOC(=O)c1cc2c(Br)c(N3CCN(C(=O)OC(C)(C)C)CC3)ccc2o1. The van der Waals surface area contributed by atoms with E-state index < -0.39 is 23.1 Å². The number of ether oxygens (including phenoxy) is 3. The van der Waals surface area contributed by atoms with Crippen molar-refractivity contribution in [2.45, 2.75) is 59.7 Å². The van der Waals surface area contributed by atoms with Gasteiger partial charge in [-0.15, -0.1) is 0 Å². The summed E-state index contributed by atoms with van der Waals surface area (Å²) < 4.78 is 28.5. The average molecular weight is 879 g/mol. The topological polar surface area (TPSA) is 155 Å². The first-order chi connectivity index (χ1) is 25.3. The van der Waals surface area contributed by atoms with Crippen molar-refractivity contribution in [3.63, 3.8) is 0 Å². The van der Waals surface area contributed by atoms with Gasteiger partial charge in [-0.2, -0.15) is 0 Å². The average Bonchev–Trinajstić information content (AvgIpc) is 3.74. The number of benzene rings is 2. The third-order valence-corrected chi connectivity index (χ3v) is 10.1. The first-order valence-corrected chi connectivity index (χ1v) is 19.2. The number of nitrogens with zero attached hydrogens (tertiary/aromatic N) is 4. The standard InChI is InChI=1S/C20H25BrN2O5.C18H21BrN2O5/c1-5-26-18(24)16-12-13-15(27-16)7-6-14(17(13)21)22-8-10-23(11-9-22)19(25)28-20(2,3)4;1-18(2,3)26-17(24)21-8-6-20(7-9-21)12-4-5-13-11(15(12)19)10-14(25-13)16(22)23/h6-7,12H,5,8-11H2,1-4H3;4-5,10H,6-9H2,1-3H3,(H,22,23). The lowest BCUT2D eigenvalue weighted by atomic mass is 10.2. The maximum atomic E-state index is 12.2. The monoisotopic (exact) mass is 876 g/mol. The van der Waals surface area contributed by atoms with Crippen molar-refractivity contribution in [1.82, 2.24) is 9.80 Å². The van der Waals surface area contributed by atoms with E-state index >= 15 is 0 Å². The fourth-order valence-corrected chi connectivity index (χ4v) is 7.33. The number of fused-ring (bicyclic) bond motifs is 2. The number of furan rings is 2. The van der Waals surface area contributed by atoms with E-state index in [1.54, 1.807) is 28.9 Å². The minimum atomic E-state index is -1.10. The van der Waals surface area contributed by atoms with Gasteiger partial charge in [-0.3, -0.25) is 0 Å². The van der Waals surface area contributed by atoms with Crippen LogP contribution in [0.2, 0.25) is 0 Å². The summed E-state index contributed by atoms with van der Waals surface area (Å²) in [6.07, 6.45) is -0.580. The molecular formula is C38H46Br2N4O10. The molecule has 2 saturated heterocycles. The Hall–Kier alpha value is -4.44. The zero-order valence-corrected chi connectivity index (χ0v) is 34.7. The quantitative estimate of drug-likeness (QED) is 0.151.